The third-order valence-corrected chi connectivity index (χ3v) is 5.89. The van der Waals surface area contributed by atoms with E-state index in [0.717, 1.165) is 6.07 Å². The Kier molecular flexibility index (Phi) is 5.88. The van der Waals surface area contributed by atoms with E-state index in [0.29, 0.717) is 56.3 Å². The molecular formula is C20H25F3N4O3. The van der Waals surface area contributed by atoms with Crippen molar-refractivity contribution in [3.05, 3.63) is 24.0 Å². The topological polar surface area (TPSA) is 65.1 Å². The number of nitrogens with one attached hydrogen (secondary N) is 1. The number of alkyl halides is 2. The Bertz CT molecular complexity index is 798. The zero-order chi connectivity index (χ0) is 21.3. The standard InChI is InChI=1S/C20H25F3N4O3/c21-15-12-14(30-27-18(28)2-1-3-19(27)29)4-5-16(15)25-8-10-26(11-9-25)17-6-7-24-13-20(17,22)23/h4-5,12,17,24H,1-3,6-11,13H2. The van der Waals surface area contributed by atoms with Crippen LogP contribution in [-0.4, -0.2) is 73.0 Å². The van der Waals surface area contributed by atoms with E-state index in [-0.39, 0.29) is 25.1 Å². The maximum Gasteiger partial charge on any atom is 0.275 e. The van der Waals surface area contributed by atoms with Gasteiger partial charge >= 0.3 is 0 Å². The summed E-state index contributed by atoms with van der Waals surface area (Å²) in [5.41, 5.74) is 0.343. The number of hydrogen-bond donors (Lipinski definition) is 1. The number of piperidine rings is 2. The number of hydrogen-bond acceptors (Lipinski definition) is 6. The predicted octanol–water partition coefficient (Wildman–Crippen LogP) is 1.78. The number of carbonyl (C=O) groups is 2. The fourth-order valence-corrected chi connectivity index (χ4v) is 4.29. The number of hydroxylamine groups is 2. The van der Waals surface area contributed by atoms with Crippen molar-refractivity contribution in [2.45, 2.75) is 37.6 Å². The average Bonchev–Trinajstić information content (AvgIpc) is 2.71. The van der Waals surface area contributed by atoms with Crippen molar-refractivity contribution in [1.82, 2.24) is 15.3 Å². The van der Waals surface area contributed by atoms with Crippen LogP contribution in [0.25, 0.3) is 0 Å². The number of anilines is 1. The molecule has 0 saturated carbocycles. The van der Waals surface area contributed by atoms with E-state index < -0.39 is 29.6 Å². The highest BCUT2D eigenvalue weighted by Crippen LogP contribution is 2.31. The molecule has 2 amide bonds. The Morgan fingerprint density at radius 2 is 1.77 bits per heavy atom. The summed E-state index contributed by atoms with van der Waals surface area (Å²) in [5.74, 6) is -4.14. The molecule has 10 heteroatoms. The van der Waals surface area contributed by atoms with Crippen LogP contribution in [0.2, 0.25) is 0 Å². The molecular weight excluding hydrogens is 401 g/mol. The number of benzene rings is 1. The van der Waals surface area contributed by atoms with E-state index in [1.54, 1.807) is 4.90 Å². The van der Waals surface area contributed by atoms with Crippen LogP contribution in [-0.2, 0) is 9.59 Å². The molecule has 0 radical (unpaired) electrons. The van der Waals surface area contributed by atoms with E-state index >= 15 is 0 Å². The van der Waals surface area contributed by atoms with Gasteiger partial charge in [0.25, 0.3) is 17.7 Å². The minimum atomic E-state index is -2.77. The normalized spacial score (nSPS) is 25.5. The Balaban J connectivity index is 1.38. The number of carbonyl (C=O) groups excluding carboxylic acids is 2. The molecule has 164 valence electrons. The van der Waals surface area contributed by atoms with Gasteiger partial charge < -0.3 is 15.1 Å². The van der Waals surface area contributed by atoms with E-state index in [1.165, 1.54) is 12.1 Å². The van der Waals surface area contributed by atoms with Crippen molar-refractivity contribution >= 4 is 17.5 Å². The third-order valence-electron chi connectivity index (χ3n) is 5.89. The van der Waals surface area contributed by atoms with Gasteiger partial charge in [0.15, 0.2) is 5.75 Å². The van der Waals surface area contributed by atoms with E-state index in [4.69, 9.17) is 4.84 Å². The molecule has 1 aromatic carbocycles. The van der Waals surface area contributed by atoms with Gasteiger partial charge in [-0.1, -0.05) is 0 Å². The van der Waals surface area contributed by atoms with E-state index in [9.17, 15) is 22.8 Å². The van der Waals surface area contributed by atoms with Gasteiger partial charge in [-0.05, 0) is 31.5 Å². The number of halogens is 3. The van der Waals surface area contributed by atoms with Crippen LogP contribution in [0.1, 0.15) is 25.7 Å². The zero-order valence-corrected chi connectivity index (χ0v) is 16.6. The molecule has 3 fully saturated rings. The van der Waals surface area contributed by atoms with Crippen molar-refractivity contribution in [3.63, 3.8) is 0 Å². The molecule has 3 aliphatic rings. The van der Waals surface area contributed by atoms with Crippen LogP contribution in [0.3, 0.4) is 0 Å². The monoisotopic (exact) mass is 426 g/mol. The molecule has 30 heavy (non-hydrogen) atoms. The third kappa shape index (κ3) is 4.24. The average molecular weight is 426 g/mol. The van der Waals surface area contributed by atoms with Crippen LogP contribution in [0.15, 0.2) is 18.2 Å². The minimum absolute atomic E-state index is 0.0628. The predicted molar refractivity (Wildman–Crippen MR) is 103 cm³/mol. The molecule has 1 unspecified atom stereocenters. The lowest BCUT2D eigenvalue weighted by molar-refractivity contribution is -0.175. The summed E-state index contributed by atoms with van der Waals surface area (Å²) in [7, 11) is 0. The molecule has 0 bridgehead atoms. The highest BCUT2D eigenvalue weighted by molar-refractivity contribution is 5.96. The van der Waals surface area contributed by atoms with Crippen LogP contribution in [0.5, 0.6) is 5.75 Å². The molecule has 0 spiro atoms. The SMILES string of the molecule is O=C1CCCC(=O)N1Oc1ccc(N2CCN(C3CCNCC3(F)F)CC2)c(F)c1. The lowest BCUT2D eigenvalue weighted by Crippen LogP contribution is -2.61. The number of rotatable bonds is 4. The quantitative estimate of drug-likeness (QED) is 0.741. The second-order valence-corrected chi connectivity index (χ2v) is 7.91. The van der Waals surface area contributed by atoms with Gasteiger partial charge in [-0.25, -0.2) is 13.2 Å². The van der Waals surface area contributed by atoms with E-state index in [1.807, 2.05) is 4.90 Å². The number of amides is 2. The van der Waals surface area contributed by atoms with Crippen molar-refractivity contribution in [2.75, 3.05) is 44.2 Å². The van der Waals surface area contributed by atoms with Crippen LogP contribution in [0, 0.1) is 5.82 Å². The number of piperazine rings is 1. The first kappa shape index (κ1) is 20.9. The fourth-order valence-electron chi connectivity index (χ4n) is 4.29. The van der Waals surface area contributed by atoms with Crippen LogP contribution >= 0.6 is 0 Å². The summed E-state index contributed by atoms with van der Waals surface area (Å²) < 4.78 is 43.1. The molecule has 1 aromatic rings. The van der Waals surface area contributed by atoms with Crippen molar-refractivity contribution < 1.29 is 27.6 Å². The molecule has 0 aromatic heterocycles. The largest absolute Gasteiger partial charge is 0.369 e. The van der Waals surface area contributed by atoms with Gasteiger partial charge in [0.2, 0.25) is 0 Å². The summed E-state index contributed by atoms with van der Waals surface area (Å²) in [6.45, 7) is 1.97. The van der Waals surface area contributed by atoms with Gasteiger partial charge in [0, 0.05) is 45.1 Å². The maximum absolute atomic E-state index is 14.7. The molecule has 3 heterocycles. The Hall–Kier alpha value is -2.33. The molecule has 3 aliphatic heterocycles. The van der Waals surface area contributed by atoms with Crippen LogP contribution in [0.4, 0.5) is 18.9 Å². The summed E-state index contributed by atoms with van der Waals surface area (Å²) in [6, 6.07) is 3.37. The molecule has 1 atom stereocenters. The summed E-state index contributed by atoms with van der Waals surface area (Å²) in [6.07, 6.45) is 1.31. The first-order valence-electron chi connectivity index (χ1n) is 10.3. The molecule has 3 saturated heterocycles. The number of imide groups is 1. The summed E-state index contributed by atoms with van der Waals surface area (Å²) >= 11 is 0. The maximum atomic E-state index is 14.7. The zero-order valence-electron chi connectivity index (χ0n) is 16.6. The summed E-state index contributed by atoms with van der Waals surface area (Å²) in [5, 5.41) is 3.42. The highest BCUT2D eigenvalue weighted by Gasteiger charge is 2.45. The number of nitrogens with zero attached hydrogens (tertiary/aromatic N) is 3. The van der Waals surface area contributed by atoms with Gasteiger partial charge in [-0.15, -0.1) is 5.06 Å². The second kappa shape index (κ2) is 8.43. The molecule has 0 aliphatic carbocycles. The van der Waals surface area contributed by atoms with Crippen LogP contribution < -0.4 is 15.1 Å². The second-order valence-electron chi connectivity index (χ2n) is 7.91. The van der Waals surface area contributed by atoms with Gasteiger partial charge in [-0.3, -0.25) is 14.5 Å². The van der Waals surface area contributed by atoms with Crippen molar-refractivity contribution in [2.24, 2.45) is 0 Å². The first-order chi connectivity index (χ1) is 14.3. The molecule has 7 nitrogen and oxygen atoms in total. The Labute approximate surface area is 172 Å². The molecule has 1 N–H and O–H groups in total. The van der Waals surface area contributed by atoms with Gasteiger partial charge in [-0.2, -0.15) is 0 Å². The first-order valence-corrected chi connectivity index (χ1v) is 10.3. The lowest BCUT2D eigenvalue weighted by Gasteiger charge is -2.44. The lowest BCUT2D eigenvalue weighted by atomic mass is 9.99. The van der Waals surface area contributed by atoms with Gasteiger partial charge in [0.05, 0.1) is 18.3 Å². The van der Waals surface area contributed by atoms with Crippen molar-refractivity contribution in [3.8, 4) is 5.75 Å². The minimum Gasteiger partial charge on any atom is -0.369 e. The molecule has 4 rings (SSSR count). The fraction of sp³-hybridized carbons (Fsp3) is 0.600. The smallest absolute Gasteiger partial charge is 0.275 e. The van der Waals surface area contributed by atoms with Crippen molar-refractivity contribution in [1.29, 1.82) is 0 Å². The Morgan fingerprint density at radius 1 is 1.07 bits per heavy atom. The van der Waals surface area contributed by atoms with E-state index in [2.05, 4.69) is 5.32 Å². The Morgan fingerprint density at radius 3 is 2.40 bits per heavy atom. The highest BCUT2D eigenvalue weighted by atomic mass is 19.3. The summed E-state index contributed by atoms with van der Waals surface area (Å²) in [4.78, 5) is 32.6. The van der Waals surface area contributed by atoms with Gasteiger partial charge in [0.1, 0.15) is 5.82 Å².